The molecule has 0 saturated carbocycles. The lowest BCUT2D eigenvalue weighted by atomic mass is 9.93. The van der Waals surface area contributed by atoms with Crippen LogP contribution in [-0.4, -0.2) is 31.9 Å². The number of hydrogen-bond acceptors (Lipinski definition) is 4. The van der Waals surface area contributed by atoms with Crippen molar-refractivity contribution in [2.45, 2.75) is 32.4 Å². The first kappa shape index (κ1) is 19.1. The summed E-state index contributed by atoms with van der Waals surface area (Å²) in [5.41, 5.74) is 0.951. The smallest absolute Gasteiger partial charge is 0.131 e. The first-order chi connectivity index (χ1) is 11.8. The molecule has 0 heterocycles. The van der Waals surface area contributed by atoms with Crippen molar-refractivity contribution in [1.82, 2.24) is 5.06 Å². The highest BCUT2D eigenvalue weighted by atomic mass is 16.5. The van der Waals surface area contributed by atoms with Crippen molar-refractivity contribution in [2.75, 3.05) is 21.3 Å². The van der Waals surface area contributed by atoms with Crippen LogP contribution in [-0.2, 0) is 5.21 Å². The van der Waals surface area contributed by atoms with E-state index in [4.69, 9.17) is 14.2 Å². The molecule has 0 aromatic heterocycles. The molecule has 25 heavy (non-hydrogen) atoms. The molecule has 2 aromatic rings. The Morgan fingerprint density at radius 1 is 0.880 bits per heavy atom. The van der Waals surface area contributed by atoms with Gasteiger partial charge in [0.2, 0.25) is 0 Å². The maximum absolute atomic E-state index is 13.2. The number of hydrogen-bond donors (Lipinski definition) is 0. The first-order valence-electron chi connectivity index (χ1n) is 8.14. The van der Waals surface area contributed by atoms with E-state index in [0.717, 1.165) is 10.6 Å². The van der Waals surface area contributed by atoms with Crippen molar-refractivity contribution >= 4 is 0 Å². The normalized spacial score (nSPS) is 12.8. The molecule has 0 N–H and O–H groups in total. The molecule has 0 aliphatic carbocycles. The number of methoxy groups -OCH3 is 3. The van der Waals surface area contributed by atoms with Crippen molar-refractivity contribution in [3.63, 3.8) is 0 Å². The molecule has 0 saturated heterocycles. The molecule has 0 aliphatic heterocycles. The lowest BCUT2D eigenvalue weighted by molar-refractivity contribution is -0.233. The summed E-state index contributed by atoms with van der Waals surface area (Å²) >= 11 is 0. The minimum atomic E-state index is -0.601. The molecule has 0 amide bonds. The zero-order valence-corrected chi connectivity index (χ0v) is 15.7. The summed E-state index contributed by atoms with van der Waals surface area (Å²) in [6, 6.07) is 12.6. The summed E-state index contributed by atoms with van der Waals surface area (Å²) in [7, 11) is 4.73. The number of nitrogens with zero attached hydrogens (tertiary/aromatic N) is 1. The van der Waals surface area contributed by atoms with E-state index in [-0.39, 0.29) is 0 Å². The molecule has 0 spiro atoms. The van der Waals surface area contributed by atoms with Crippen LogP contribution in [0.15, 0.2) is 42.5 Å². The summed E-state index contributed by atoms with van der Waals surface area (Å²) in [6.07, 6.45) is 0. The second-order valence-electron chi connectivity index (χ2n) is 6.76. The van der Waals surface area contributed by atoms with Crippen LogP contribution in [0.2, 0.25) is 0 Å². The van der Waals surface area contributed by atoms with E-state index in [1.54, 1.807) is 33.5 Å². The van der Waals surface area contributed by atoms with Crippen LogP contribution in [0.5, 0.6) is 17.2 Å². The SMILES string of the molecule is COc1cc(OC)c(C(c2ccccc2)N([O])C(C)(C)C)c(OC)c1. The fraction of sp³-hybridized carbons (Fsp3) is 0.400. The van der Waals surface area contributed by atoms with E-state index < -0.39 is 11.6 Å². The molecule has 0 aliphatic rings. The van der Waals surface area contributed by atoms with Crippen molar-refractivity contribution in [3.8, 4) is 17.2 Å². The minimum Gasteiger partial charge on any atom is -0.496 e. The van der Waals surface area contributed by atoms with Crippen LogP contribution in [0.4, 0.5) is 0 Å². The van der Waals surface area contributed by atoms with E-state index in [2.05, 4.69) is 0 Å². The van der Waals surface area contributed by atoms with Gasteiger partial charge in [-0.1, -0.05) is 30.3 Å². The minimum absolute atomic E-state index is 0.551. The Morgan fingerprint density at radius 3 is 1.80 bits per heavy atom. The van der Waals surface area contributed by atoms with Crippen LogP contribution < -0.4 is 14.2 Å². The van der Waals surface area contributed by atoms with Gasteiger partial charge in [0.1, 0.15) is 17.2 Å². The van der Waals surface area contributed by atoms with Crippen LogP contribution in [0.1, 0.15) is 37.9 Å². The summed E-state index contributed by atoms with van der Waals surface area (Å²) < 4.78 is 16.5. The van der Waals surface area contributed by atoms with Crippen LogP contribution in [0.25, 0.3) is 0 Å². The molecule has 2 rings (SSSR count). The zero-order valence-electron chi connectivity index (χ0n) is 15.7. The summed E-state index contributed by atoms with van der Waals surface area (Å²) in [4.78, 5) is 0. The maximum Gasteiger partial charge on any atom is 0.131 e. The third-order valence-corrected chi connectivity index (χ3v) is 4.04. The van der Waals surface area contributed by atoms with Gasteiger partial charge in [-0.25, -0.2) is 0 Å². The monoisotopic (exact) mass is 344 g/mol. The van der Waals surface area contributed by atoms with Gasteiger partial charge in [-0.3, -0.25) is 0 Å². The number of benzene rings is 2. The van der Waals surface area contributed by atoms with Crippen LogP contribution in [0, 0.1) is 0 Å². The lowest BCUT2D eigenvalue weighted by Crippen LogP contribution is -2.41. The standard InChI is InChI=1S/C20H26NO4/c1-20(2,3)21(22)19(14-10-8-7-9-11-14)18-16(24-5)12-15(23-4)13-17(18)25-6/h7-13,19H,1-6H3. The average molecular weight is 344 g/mol. The molecule has 135 valence electrons. The molecule has 0 bridgehead atoms. The number of ether oxygens (including phenoxy) is 3. The first-order valence-corrected chi connectivity index (χ1v) is 8.14. The summed E-state index contributed by atoms with van der Waals surface area (Å²) in [6.45, 7) is 5.66. The van der Waals surface area contributed by atoms with E-state index in [1.807, 2.05) is 51.1 Å². The van der Waals surface area contributed by atoms with Crippen LogP contribution in [0.3, 0.4) is 0 Å². The number of hydroxylamine groups is 2. The largest absolute Gasteiger partial charge is 0.496 e. The summed E-state index contributed by atoms with van der Waals surface area (Å²) in [5, 5.41) is 14.3. The predicted molar refractivity (Wildman–Crippen MR) is 96.7 cm³/mol. The Kier molecular flexibility index (Phi) is 5.93. The van der Waals surface area contributed by atoms with E-state index in [9.17, 15) is 5.21 Å². The molecular weight excluding hydrogens is 318 g/mol. The van der Waals surface area contributed by atoms with Gasteiger partial charge in [-0.05, 0) is 26.3 Å². The van der Waals surface area contributed by atoms with E-state index in [1.165, 1.54) is 0 Å². The van der Waals surface area contributed by atoms with Gasteiger partial charge in [0, 0.05) is 17.7 Å². The Hall–Kier alpha value is -2.24. The molecule has 1 unspecified atom stereocenters. The molecule has 5 heteroatoms. The quantitative estimate of drug-likeness (QED) is 0.735. The van der Waals surface area contributed by atoms with Crippen molar-refractivity contribution in [2.24, 2.45) is 0 Å². The fourth-order valence-electron chi connectivity index (χ4n) is 2.74. The zero-order chi connectivity index (χ0) is 18.6. The Morgan fingerprint density at radius 2 is 1.40 bits per heavy atom. The van der Waals surface area contributed by atoms with Gasteiger partial charge >= 0.3 is 0 Å². The predicted octanol–water partition coefficient (Wildman–Crippen LogP) is 4.25. The highest BCUT2D eigenvalue weighted by molar-refractivity contribution is 5.55. The Balaban J connectivity index is 2.74. The molecule has 5 nitrogen and oxygen atoms in total. The third-order valence-electron chi connectivity index (χ3n) is 4.04. The lowest BCUT2D eigenvalue weighted by Gasteiger charge is -2.36. The van der Waals surface area contributed by atoms with Gasteiger partial charge < -0.3 is 14.2 Å². The molecular formula is C20H26NO4. The average Bonchev–Trinajstić information content (AvgIpc) is 2.61. The second-order valence-corrected chi connectivity index (χ2v) is 6.76. The number of rotatable bonds is 6. The van der Waals surface area contributed by atoms with E-state index in [0.29, 0.717) is 22.8 Å². The van der Waals surface area contributed by atoms with Gasteiger partial charge in [0.25, 0.3) is 0 Å². The van der Waals surface area contributed by atoms with Gasteiger partial charge in [0.15, 0.2) is 0 Å². The van der Waals surface area contributed by atoms with Crippen molar-refractivity contribution < 1.29 is 19.4 Å². The highest BCUT2D eigenvalue weighted by Gasteiger charge is 2.35. The van der Waals surface area contributed by atoms with Gasteiger partial charge in [-0.15, -0.1) is 10.3 Å². The highest BCUT2D eigenvalue weighted by Crippen LogP contribution is 2.44. The molecule has 2 aromatic carbocycles. The van der Waals surface area contributed by atoms with Crippen molar-refractivity contribution in [3.05, 3.63) is 53.6 Å². The molecule has 1 atom stereocenters. The fourth-order valence-corrected chi connectivity index (χ4v) is 2.74. The second kappa shape index (κ2) is 7.76. The van der Waals surface area contributed by atoms with Gasteiger partial charge in [-0.2, -0.15) is 0 Å². The third kappa shape index (κ3) is 4.06. The Labute approximate surface area is 149 Å². The Bertz CT molecular complexity index is 670. The van der Waals surface area contributed by atoms with Gasteiger partial charge in [0.05, 0.1) is 32.9 Å². The molecule has 0 fully saturated rings. The topological polar surface area (TPSA) is 50.8 Å². The van der Waals surface area contributed by atoms with Crippen molar-refractivity contribution in [1.29, 1.82) is 0 Å². The summed E-state index contributed by atoms with van der Waals surface area (Å²) in [5.74, 6) is 1.71. The van der Waals surface area contributed by atoms with Crippen LogP contribution >= 0.6 is 0 Å². The van der Waals surface area contributed by atoms with E-state index >= 15 is 0 Å². The molecule has 1 radical (unpaired) electrons. The maximum atomic E-state index is 13.2.